The van der Waals surface area contributed by atoms with Gasteiger partial charge in [-0.05, 0) is 19.4 Å². The van der Waals surface area contributed by atoms with Crippen molar-refractivity contribution in [3.8, 4) is 5.75 Å². The van der Waals surface area contributed by atoms with Gasteiger partial charge in [0, 0.05) is 38.8 Å². The summed E-state index contributed by atoms with van der Waals surface area (Å²) < 4.78 is 21.4. The predicted octanol–water partition coefficient (Wildman–Crippen LogP) is 2.31. The number of nitrogens with one attached hydrogen (secondary N) is 1. The molecule has 1 saturated heterocycles. The molecule has 142 valence electrons. The molecule has 0 amide bonds. The van der Waals surface area contributed by atoms with Crippen LogP contribution in [0.4, 0.5) is 4.39 Å². The summed E-state index contributed by atoms with van der Waals surface area (Å²) in [4.78, 5) is 20.1. The summed E-state index contributed by atoms with van der Waals surface area (Å²) in [5.74, 6) is 0.478. The topological polar surface area (TPSA) is 59.4 Å². The Kier molecular flexibility index (Phi) is 5.88. The number of ether oxygens (including phenoxy) is 1. The van der Waals surface area contributed by atoms with Gasteiger partial charge < -0.3 is 10.1 Å². The Balaban J connectivity index is 2.19. The van der Waals surface area contributed by atoms with E-state index in [1.807, 2.05) is 6.92 Å². The molecule has 0 saturated carbocycles. The Morgan fingerprint density at radius 1 is 1.31 bits per heavy atom. The Bertz CT molecular complexity index is 830. The van der Waals surface area contributed by atoms with Crippen molar-refractivity contribution in [2.24, 2.45) is 0 Å². The lowest BCUT2D eigenvalue weighted by Gasteiger charge is -2.35. The zero-order chi connectivity index (χ0) is 18.7. The molecule has 2 aromatic rings. The van der Waals surface area contributed by atoms with Crippen molar-refractivity contribution in [2.75, 3.05) is 33.3 Å². The third-order valence-electron chi connectivity index (χ3n) is 5.02. The Morgan fingerprint density at radius 2 is 2.04 bits per heavy atom. The van der Waals surface area contributed by atoms with Crippen LogP contribution in [0.3, 0.4) is 0 Å². The van der Waals surface area contributed by atoms with Crippen LogP contribution in [0.1, 0.15) is 38.6 Å². The maximum Gasteiger partial charge on any atom is 0.261 e. The fourth-order valence-corrected chi connectivity index (χ4v) is 3.70. The van der Waals surface area contributed by atoms with Gasteiger partial charge in [0.2, 0.25) is 0 Å². The molecule has 1 N–H and O–H groups in total. The molecule has 0 spiro atoms. The quantitative estimate of drug-likeness (QED) is 0.855. The molecule has 0 bridgehead atoms. The Morgan fingerprint density at radius 3 is 2.65 bits per heavy atom. The smallest absolute Gasteiger partial charge is 0.261 e. The number of halogens is 1. The SMILES string of the molecule is CCC[C@H](c1nc2c(F)cc(OC)cc2c(=O)n1CC)N1CCNCC1. The van der Waals surface area contributed by atoms with E-state index in [2.05, 4.69) is 22.1 Å². The molecule has 1 aliphatic rings. The monoisotopic (exact) mass is 362 g/mol. The largest absolute Gasteiger partial charge is 0.497 e. The minimum atomic E-state index is -0.517. The molecule has 7 heteroatoms. The van der Waals surface area contributed by atoms with Gasteiger partial charge in [-0.1, -0.05) is 13.3 Å². The highest BCUT2D eigenvalue weighted by molar-refractivity contribution is 5.80. The minimum absolute atomic E-state index is 0.0145. The average Bonchev–Trinajstić information content (AvgIpc) is 2.67. The molecule has 3 rings (SSSR count). The second-order valence-electron chi connectivity index (χ2n) is 6.62. The standard InChI is InChI=1S/C19H27FN4O2/c1-4-6-16(23-9-7-21-8-10-23)18-22-17-14(19(25)24(18)5-2)11-13(26-3)12-15(17)20/h11-12,16,21H,4-10H2,1-3H3/t16-/m1/s1. The van der Waals surface area contributed by atoms with Crippen molar-refractivity contribution < 1.29 is 9.13 Å². The number of methoxy groups -OCH3 is 1. The molecule has 26 heavy (non-hydrogen) atoms. The fourth-order valence-electron chi connectivity index (χ4n) is 3.70. The maximum atomic E-state index is 14.6. The predicted molar refractivity (Wildman–Crippen MR) is 100 cm³/mol. The van der Waals surface area contributed by atoms with Crippen molar-refractivity contribution in [1.29, 1.82) is 0 Å². The Hall–Kier alpha value is -1.99. The summed E-state index contributed by atoms with van der Waals surface area (Å²) in [6.45, 7) is 8.17. The van der Waals surface area contributed by atoms with E-state index < -0.39 is 5.82 Å². The van der Waals surface area contributed by atoms with E-state index in [-0.39, 0.29) is 22.5 Å². The first-order valence-electron chi connectivity index (χ1n) is 9.33. The summed E-state index contributed by atoms with van der Waals surface area (Å²) in [7, 11) is 1.46. The lowest BCUT2D eigenvalue weighted by Crippen LogP contribution is -2.46. The van der Waals surface area contributed by atoms with Gasteiger partial charge in [0.15, 0.2) is 5.82 Å². The van der Waals surface area contributed by atoms with Gasteiger partial charge >= 0.3 is 0 Å². The van der Waals surface area contributed by atoms with Crippen molar-refractivity contribution in [2.45, 2.75) is 39.3 Å². The number of rotatable bonds is 6. The number of aromatic nitrogens is 2. The number of hydrogen-bond acceptors (Lipinski definition) is 5. The van der Waals surface area contributed by atoms with Crippen LogP contribution in [0.15, 0.2) is 16.9 Å². The first-order valence-corrected chi connectivity index (χ1v) is 9.33. The average molecular weight is 362 g/mol. The van der Waals surface area contributed by atoms with Gasteiger partial charge in [0.05, 0.1) is 18.5 Å². The van der Waals surface area contributed by atoms with Crippen LogP contribution < -0.4 is 15.6 Å². The summed E-state index contributed by atoms with van der Waals surface area (Å²) >= 11 is 0. The van der Waals surface area contributed by atoms with Gasteiger partial charge in [-0.3, -0.25) is 14.3 Å². The number of hydrogen-bond donors (Lipinski definition) is 1. The normalized spacial score (nSPS) is 16.8. The van der Waals surface area contributed by atoms with E-state index in [0.29, 0.717) is 18.1 Å². The van der Waals surface area contributed by atoms with Gasteiger partial charge in [-0.2, -0.15) is 0 Å². The number of benzene rings is 1. The van der Waals surface area contributed by atoms with Crippen molar-refractivity contribution in [3.05, 3.63) is 34.1 Å². The third-order valence-corrected chi connectivity index (χ3v) is 5.02. The zero-order valence-electron chi connectivity index (χ0n) is 15.7. The van der Waals surface area contributed by atoms with Gasteiger partial charge in [0.1, 0.15) is 17.1 Å². The molecular weight excluding hydrogens is 335 g/mol. The van der Waals surface area contributed by atoms with Gasteiger partial charge in [-0.25, -0.2) is 9.37 Å². The second-order valence-corrected chi connectivity index (χ2v) is 6.62. The highest BCUT2D eigenvalue weighted by Gasteiger charge is 2.27. The van der Waals surface area contributed by atoms with E-state index in [1.54, 1.807) is 10.6 Å². The Labute approximate surface area is 153 Å². The molecular formula is C19H27FN4O2. The van der Waals surface area contributed by atoms with Crippen LogP contribution in [0.25, 0.3) is 10.9 Å². The molecule has 0 aliphatic carbocycles. The summed E-state index contributed by atoms with van der Waals surface area (Å²) in [5, 5.41) is 3.62. The highest BCUT2D eigenvalue weighted by Crippen LogP contribution is 2.27. The summed E-state index contributed by atoms with van der Waals surface area (Å²) in [5.41, 5.74) is -0.0757. The van der Waals surface area contributed by atoms with E-state index >= 15 is 0 Å². The first-order chi connectivity index (χ1) is 12.6. The molecule has 0 radical (unpaired) electrons. The van der Waals surface area contributed by atoms with Crippen molar-refractivity contribution in [1.82, 2.24) is 19.8 Å². The van der Waals surface area contributed by atoms with Crippen LogP contribution in [0.5, 0.6) is 5.75 Å². The molecule has 1 aliphatic heterocycles. The van der Waals surface area contributed by atoms with E-state index in [9.17, 15) is 9.18 Å². The second kappa shape index (κ2) is 8.14. The minimum Gasteiger partial charge on any atom is -0.497 e. The number of piperazine rings is 1. The number of nitrogens with zero attached hydrogens (tertiary/aromatic N) is 3. The maximum absolute atomic E-state index is 14.6. The van der Waals surface area contributed by atoms with Crippen LogP contribution in [0, 0.1) is 5.82 Å². The van der Waals surface area contributed by atoms with Crippen LogP contribution in [-0.4, -0.2) is 47.7 Å². The molecule has 0 unspecified atom stereocenters. The van der Waals surface area contributed by atoms with E-state index in [1.165, 1.54) is 13.2 Å². The lowest BCUT2D eigenvalue weighted by atomic mass is 10.1. The molecule has 1 aromatic heterocycles. The summed E-state index contributed by atoms with van der Waals surface area (Å²) in [6, 6.07) is 2.87. The third kappa shape index (κ3) is 3.46. The molecule has 1 atom stereocenters. The molecule has 1 fully saturated rings. The zero-order valence-corrected chi connectivity index (χ0v) is 15.7. The van der Waals surface area contributed by atoms with Crippen LogP contribution >= 0.6 is 0 Å². The highest BCUT2D eigenvalue weighted by atomic mass is 19.1. The summed E-state index contributed by atoms with van der Waals surface area (Å²) in [6.07, 6.45) is 1.85. The van der Waals surface area contributed by atoms with Crippen LogP contribution in [0.2, 0.25) is 0 Å². The first kappa shape index (κ1) is 18.8. The van der Waals surface area contributed by atoms with Crippen LogP contribution in [-0.2, 0) is 6.54 Å². The van der Waals surface area contributed by atoms with Gasteiger partial charge in [-0.15, -0.1) is 0 Å². The molecule has 1 aromatic carbocycles. The van der Waals surface area contributed by atoms with Gasteiger partial charge in [0.25, 0.3) is 5.56 Å². The fraction of sp³-hybridized carbons (Fsp3) is 0.579. The van der Waals surface area contributed by atoms with Crippen molar-refractivity contribution >= 4 is 10.9 Å². The molecule has 2 heterocycles. The van der Waals surface area contributed by atoms with E-state index in [4.69, 9.17) is 4.74 Å². The number of fused-ring (bicyclic) bond motifs is 1. The van der Waals surface area contributed by atoms with Crippen molar-refractivity contribution in [3.63, 3.8) is 0 Å². The van der Waals surface area contributed by atoms with E-state index in [0.717, 1.165) is 39.0 Å². The molecule has 6 nitrogen and oxygen atoms in total. The lowest BCUT2D eigenvalue weighted by molar-refractivity contribution is 0.154.